The number of carbonyl (C=O) groups is 2. The Morgan fingerprint density at radius 3 is 2.74 bits per heavy atom. The van der Waals surface area contributed by atoms with E-state index in [9.17, 15) is 9.59 Å². The van der Waals surface area contributed by atoms with Gasteiger partial charge in [0.25, 0.3) is 0 Å². The predicted octanol–water partition coefficient (Wildman–Crippen LogP) is 3.63. The number of methoxy groups -OCH3 is 1. The van der Waals surface area contributed by atoms with E-state index >= 15 is 0 Å². The molecule has 3 aromatic rings. The topological polar surface area (TPSA) is 84.4 Å². The lowest BCUT2D eigenvalue weighted by molar-refractivity contribution is -0.122. The Kier molecular flexibility index (Phi) is 6.27. The van der Waals surface area contributed by atoms with Gasteiger partial charge in [-0.05, 0) is 48.7 Å². The Hall–Kier alpha value is -3.26. The van der Waals surface area contributed by atoms with Gasteiger partial charge in [0, 0.05) is 25.1 Å². The standard InChI is InChI=1S/C23H24N4O3S/c1-15-4-3-5-18(12-15)27-14-17(13-21(27)28)22(29)24-23-26-25-20(31-23)11-8-16-6-9-19(30-2)10-7-16/h3-7,9-10,12,17H,8,11,13-14H2,1-2H3,(H,24,26,29). The first-order valence-corrected chi connectivity index (χ1v) is 11.0. The minimum Gasteiger partial charge on any atom is -0.497 e. The van der Waals surface area contributed by atoms with Crippen LogP contribution >= 0.6 is 11.3 Å². The summed E-state index contributed by atoms with van der Waals surface area (Å²) in [6, 6.07) is 15.7. The van der Waals surface area contributed by atoms with E-state index in [1.165, 1.54) is 16.9 Å². The number of aryl methyl sites for hydroxylation is 3. The molecule has 2 amide bonds. The number of carbonyl (C=O) groups excluding carboxylic acids is 2. The third-order valence-electron chi connectivity index (χ3n) is 5.29. The van der Waals surface area contributed by atoms with Crippen LogP contribution in [0.25, 0.3) is 0 Å². The van der Waals surface area contributed by atoms with Gasteiger partial charge in [-0.2, -0.15) is 0 Å². The monoisotopic (exact) mass is 436 g/mol. The van der Waals surface area contributed by atoms with Gasteiger partial charge in [0.15, 0.2) is 0 Å². The first-order valence-electron chi connectivity index (χ1n) is 10.1. The van der Waals surface area contributed by atoms with Crippen molar-refractivity contribution < 1.29 is 14.3 Å². The molecule has 1 fully saturated rings. The Morgan fingerprint density at radius 1 is 1.19 bits per heavy atom. The van der Waals surface area contributed by atoms with Crippen LogP contribution in [0.1, 0.15) is 22.6 Å². The summed E-state index contributed by atoms with van der Waals surface area (Å²) in [6.45, 7) is 2.35. The zero-order chi connectivity index (χ0) is 21.8. The van der Waals surface area contributed by atoms with Crippen molar-refractivity contribution in [2.45, 2.75) is 26.2 Å². The van der Waals surface area contributed by atoms with Gasteiger partial charge in [0.1, 0.15) is 10.8 Å². The van der Waals surface area contributed by atoms with Crippen LogP contribution < -0.4 is 15.0 Å². The maximum absolute atomic E-state index is 12.7. The van der Waals surface area contributed by atoms with E-state index in [0.717, 1.165) is 34.8 Å². The lowest BCUT2D eigenvalue weighted by atomic mass is 10.1. The lowest BCUT2D eigenvalue weighted by Gasteiger charge is -2.17. The smallest absolute Gasteiger partial charge is 0.231 e. The van der Waals surface area contributed by atoms with Crippen molar-refractivity contribution in [2.75, 3.05) is 23.9 Å². The Balaban J connectivity index is 1.32. The van der Waals surface area contributed by atoms with E-state index in [0.29, 0.717) is 11.7 Å². The van der Waals surface area contributed by atoms with Crippen LogP contribution in [0.4, 0.5) is 10.8 Å². The molecule has 160 valence electrons. The summed E-state index contributed by atoms with van der Waals surface area (Å²) < 4.78 is 5.17. The summed E-state index contributed by atoms with van der Waals surface area (Å²) in [5.74, 6) is 0.195. The molecule has 1 aliphatic rings. The maximum Gasteiger partial charge on any atom is 0.231 e. The maximum atomic E-state index is 12.7. The van der Waals surface area contributed by atoms with Crippen LogP contribution in [0.15, 0.2) is 48.5 Å². The molecule has 0 spiro atoms. The van der Waals surface area contributed by atoms with Gasteiger partial charge in [0.05, 0.1) is 13.0 Å². The number of amides is 2. The summed E-state index contributed by atoms with van der Waals surface area (Å²) in [7, 11) is 1.65. The molecule has 1 atom stereocenters. The summed E-state index contributed by atoms with van der Waals surface area (Å²) in [6.07, 6.45) is 1.76. The summed E-state index contributed by atoms with van der Waals surface area (Å²) in [5.41, 5.74) is 3.09. The Bertz CT molecular complexity index is 1080. The van der Waals surface area contributed by atoms with Gasteiger partial charge in [-0.3, -0.25) is 9.59 Å². The molecule has 7 nitrogen and oxygen atoms in total. The van der Waals surface area contributed by atoms with E-state index in [1.807, 2.05) is 55.5 Å². The van der Waals surface area contributed by atoms with E-state index in [1.54, 1.807) is 12.0 Å². The second-order valence-electron chi connectivity index (χ2n) is 7.58. The molecule has 1 N–H and O–H groups in total. The minimum absolute atomic E-state index is 0.0387. The number of rotatable bonds is 7. The molecule has 1 aromatic heterocycles. The number of anilines is 2. The molecule has 2 aromatic carbocycles. The van der Waals surface area contributed by atoms with E-state index < -0.39 is 5.92 Å². The Labute approximate surface area is 185 Å². The molecule has 31 heavy (non-hydrogen) atoms. The minimum atomic E-state index is -0.403. The molecule has 0 bridgehead atoms. The molecule has 1 unspecified atom stereocenters. The van der Waals surface area contributed by atoms with Gasteiger partial charge < -0.3 is 15.0 Å². The quantitative estimate of drug-likeness (QED) is 0.611. The number of aromatic nitrogens is 2. The second-order valence-corrected chi connectivity index (χ2v) is 8.64. The number of benzene rings is 2. The van der Waals surface area contributed by atoms with Crippen molar-refractivity contribution in [2.24, 2.45) is 5.92 Å². The molecule has 0 radical (unpaired) electrons. The largest absolute Gasteiger partial charge is 0.497 e. The fourth-order valence-corrected chi connectivity index (χ4v) is 4.33. The molecule has 8 heteroatoms. The van der Waals surface area contributed by atoms with E-state index in [4.69, 9.17) is 4.74 Å². The average molecular weight is 437 g/mol. The van der Waals surface area contributed by atoms with Crippen LogP contribution in [0, 0.1) is 12.8 Å². The zero-order valence-electron chi connectivity index (χ0n) is 17.5. The SMILES string of the molecule is COc1ccc(CCc2nnc(NC(=O)C3CC(=O)N(c4cccc(C)c4)C3)s2)cc1. The first-order chi connectivity index (χ1) is 15.0. The highest BCUT2D eigenvalue weighted by molar-refractivity contribution is 7.15. The van der Waals surface area contributed by atoms with Crippen LogP contribution in [0.5, 0.6) is 5.75 Å². The third kappa shape index (κ3) is 5.08. The lowest BCUT2D eigenvalue weighted by Crippen LogP contribution is -2.28. The molecule has 0 aliphatic carbocycles. The van der Waals surface area contributed by atoms with Gasteiger partial charge >= 0.3 is 0 Å². The summed E-state index contributed by atoms with van der Waals surface area (Å²) >= 11 is 1.37. The third-order valence-corrected chi connectivity index (χ3v) is 6.19. The molecular formula is C23H24N4O3S. The summed E-state index contributed by atoms with van der Waals surface area (Å²) in [5, 5.41) is 12.4. The van der Waals surface area contributed by atoms with Crippen molar-refractivity contribution in [1.29, 1.82) is 0 Å². The van der Waals surface area contributed by atoms with Crippen LogP contribution in [0.3, 0.4) is 0 Å². The fourth-order valence-electron chi connectivity index (χ4n) is 3.58. The summed E-state index contributed by atoms with van der Waals surface area (Å²) in [4.78, 5) is 26.8. The number of nitrogens with zero attached hydrogens (tertiary/aromatic N) is 3. The van der Waals surface area contributed by atoms with Crippen molar-refractivity contribution in [1.82, 2.24) is 10.2 Å². The zero-order valence-corrected chi connectivity index (χ0v) is 18.3. The van der Waals surface area contributed by atoms with Crippen LogP contribution in [-0.4, -0.2) is 35.7 Å². The van der Waals surface area contributed by atoms with E-state index in [-0.39, 0.29) is 18.2 Å². The fraction of sp³-hybridized carbons (Fsp3) is 0.304. The molecule has 0 saturated carbocycles. The first kappa shape index (κ1) is 21.0. The van der Waals surface area contributed by atoms with Crippen molar-refractivity contribution in [3.05, 3.63) is 64.7 Å². The predicted molar refractivity (Wildman–Crippen MR) is 121 cm³/mol. The second kappa shape index (κ2) is 9.26. The molecule has 1 aliphatic heterocycles. The van der Waals surface area contributed by atoms with Crippen LogP contribution in [-0.2, 0) is 22.4 Å². The van der Waals surface area contributed by atoms with Gasteiger partial charge in [0.2, 0.25) is 16.9 Å². The molecule has 2 heterocycles. The number of hydrogen-bond acceptors (Lipinski definition) is 6. The highest BCUT2D eigenvalue weighted by atomic mass is 32.1. The highest BCUT2D eigenvalue weighted by Crippen LogP contribution is 2.27. The average Bonchev–Trinajstić information content (AvgIpc) is 3.39. The number of nitrogens with one attached hydrogen (secondary N) is 1. The van der Waals surface area contributed by atoms with Gasteiger partial charge in [-0.25, -0.2) is 0 Å². The highest BCUT2D eigenvalue weighted by Gasteiger charge is 2.35. The normalized spacial score (nSPS) is 15.9. The Morgan fingerprint density at radius 2 is 2.00 bits per heavy atom. The molecular weight excluding hydrogens is 412 g/mol. The number of ether oxygens (including phenoxy) is 1. The molecule has 4 rings (SSSR count). The van der Waals surface area contributed by atoms with Gasteiger partial charge in [-0.1, -0.05) is 35.6 Å². The van der Waals surface area contributed by atoms with Gasteiger partial charge in [-0.15, -0.1) is 10.2 Å². The van der Waals surface area contributed by atoms with Crippen molar-refractivity contribution in [3.8, 4) is 5.75 Å². The molecule has 1 saturated heterocycles. The van der Waals surface area contributed by atoms with E-state index in [2.05, 4.69) is 15.5 Å². The van der Waals surface area contributed by atoms with Crippen LogP contribution in [0.2, 0.25) is 0 Å². The van der Waals surface area contributed by atoms with Crippen molar-refractivity contribution in [3.63, 3.8) is 0 Å². The van der Waals surface area contributed by atoms with Crippen molar-refractivity contribution >= 4 is 34.0 Å². The number of hydrogen-bond donors (Lipinski definition) is 1.